The first-order valence-electron chi connectivity index (χ1n) is 8.92. The minimum atomic E-state index is -2.19. The van der Waals surface area contributed by atoms with Crippen LogP contribution in [0.25, 0.3) is 0 Å². The Bertz CT molecular complexity index is 863. The van der Waals surface area contributed by atoms with Crippen LogP contribution in [0.5, 0.6) is 5.75 Å². The summed E-state index contributed by atoms with van der Waals surface area (Å²) in [6.45, 7) is 0.0718. The highest BCUT2D eigenvalue weighted by Gasteiger charge is 2.44. The molecular weight excluding hydrogens is 368 g/mol. The molecule has 0 bridgehead atoms. The molecule has 0 aliphatic carbocycles. The van der Waals surface area contributed by atoms with Gasteiger partial charge in [-0.1, -0.05) is 6.07 Å². The topological polar surface area (TPSA) is 71.5 Å². The van der Waals surface area contributed by atoms with E-state index < -0.39 is 23.3 Å². The van der Waals surface area contributed by atoms with E-state index in [1.54, 1.807) is 24.5 Å². The summed E-state index contributed by atoms with van der Waals surface area (Å²) < 4.78 is 34.0. The van der Waals surface area contributed by atoms with Gasteiger partial charge in [0.15, 0.2) is 11.6 Å². The molecule has 1 N–H and O–H groups in total. The molecule has 1 aromatic carbocycles. The van der Waals surface area contributed by atoms with Crippen molar-refractivity contribution in [2.45, 2.75) is 25.1 Å². The summed E-state index contributed by atoms with van der Waals surface area (Å²) in [5.74, 6) is -1.95. The molecule has 1 unspecified atom stereocenters. The lowest BCUT2D eigenvalue weighted by Gasteiger charge is -2.36. The van der Waals surface area contributed by atoms with E-state index in [1.165, 1.54) is 24.1 Å². The Balaban J connectivity index is 1.67. The largest absolute Gasteiger partial charge is 0.494 e. The van der Waals surface area contributed by atoms with Gasteiger partial charge < -0.3 is 15.0 Å². The number of hydrogen-bond acceptors (Lipinski definition) is 4. The van der Waals surface area contributed by atoms with Gasteiger partial charge in [0.2, 0.25) is 5.67 Å². The van der Waals surface area contributed by atoms with Crippen LogP contribution in [0.3, 0.4) is 0 Å². The molecule has 0 saturated carbocycles. The lowest BCUT2D eigenvalue weighted by atomic mass is 9.93. The summed E-state index contributed by atoms with van der Waals surface area (Å²) in [6.07, 6.45) is 3.54. The first kappa shape index (κ1) is 19.7. The number of carbonyl (C=O) groups is 2. The van der Waals surface area contributed by atoms with E-state index in [-0.39, 0.29) is 30.8 Å². The van der Waals surface area contributed by atoms with E-state index in [4.69, 9.17) is 4.74 Å². The minimum Gasteiger partial charge on any atom is -0.494 e. The molecule has 8 heteroatoms. The molecule has 3 rings (SSSR count). The maximum Gasteiger partial charge on any atom is 0.259 e. The van der Waals surface area contributed by atoms with Gasteiger partial charge in [-0.25, -0.2) is 8.78 Å². The van der Waals surface area contributed by atoms with E-state index in [9.17, 15) is 14.0 Å². The number of nitrogens with one attached hydrogen (secondary N) is 1. The number of piperidine rings is 1. The summed E-state index contributed by atoms with van der Waals surface area (Å²) in [6, 6.07) is 7.31. The molecule has 1 aromatic heterocycles. The number of rotatable bonds is 5. The number of methoxy groups -OCH3 is 1. The van der Waals surface area contributed by atoms with Crippen molar-refractivity contribution in [2.75, 3.05) is 20.2 Å². The predicted molar refractivity (Wildman–Crippen MR) is 98.0 cm³/mol. The number of nitrogens with zero attached hydrogens (tertiary/aromatic N) is 2. The van der Waals surface area contributed by atoms with Gasteiger partial charge in [0, 0.05) is 31.0 Å². The molecule has 0 spiro atoms. The molecule has 2 amide bonds. The molecule has 28 heavy (non-hydrogen) atoms. The Labute approximate surface area is 161 Å². The number of aromatic nitrogens is 1. The Morgan fingerprint density at radius 2 is 2.18 bits per heavy atom. The van der Waals surface area contributed by atoms with Crippen LogP contribution in [0.4, 0.5) is 8.78 Å². The summed E-state index contributed by atoms with van der Waals surface area (Å²) in [7, 11) is 1.33. The van der Waals surface area contributed by atoms with Gasteiger partial charge >= 0.3 is 0 Å². The lowest BCUT2D eigenvalue weighted by Crippen LogP contribution is -2.55. The fourth-order valence-electron chi connectivity index (χ4n) is 3.19. The van der Waals surface area contributed by atoms with Crippen LogP contribution < -0.4 is 10.1 Å². The second-order valence-corrected chi connectivity index (χ2v) is 6.69. The molecule has 0 radical (unpaired) electrons. The maximum absolute atomic E-state index is 15.3. The number of halogens is 2. The summed E-state index contributed by atoms with van der Waals surface area (Å²) >= 11 is 0. The molecule has 1 aliphatic heterocycles. The maximum atomic E-state index is 15.3. The van der Waals surface area contributed by atoms with Crippen LogP contribution in [-0.4, -0.2) is 47.6 Å². The van der Waals surface area contributed by atoms with Crippen LogP contribution in [-0.2, 0) is 11.3 Å². The predicted octanol–water partition coefficient (Wildman–Crippen LogP) is 2.49. The van der Waals surface area contributed by atoms with Crippen molar-refractivity contribution in [2.24, 2.45) is 0 Å². The summed E-state index contributed by atoms with van der Waals surface area (Å²) in [5, 5.41) is 2.56. The zero-order chi connectivity index (χ0) is 20.1. The number of likely N-dealkylation sites (tertiary alicyclic amines) is 1. The molecule has 1 fully saturated rings. The van der Waals surface area contributed by atoms with Gasteiger partial charge in [-0.2, -0.15) is 0 Å². The Morgan fingerprint density at radius 3 is 2.86 bits per heavy atom. The van der Waals surface area contributed by atoms with Gasteiger partial charge in [0.1, 0.15) is 0 Å². The number of amides is 2. The number of benzene rings is 1. The van der Waals surface area contributed by atoms with Crippen LogP contribution in [0.15, 0.2) is 42.7 Å². The van der Waals surface area contributed by atoms with E-state index in [2.05, 4.69) is 10.3 Å². The fraction of sp³-hybridized carbons (Fsp3) is 0.350. The van der Waals surface area contributed by atoms with Gasteiger partial charge in [0.25, 0.3) is 11.8 Å². The van der Waals surface area contributed by atoms with Gasteiger partial charge in [-0.15, -0.1) is 0 Å². The monoisotopic (exact) mass is 389 g/mol. The van der Waals surface area contributed by atoms with Gasteiger partial charge in [-0.3, -0.25) is 14.6 Å². The standard InChI is InChI=1S/C20H21F2N3O3/c1-28-17-6-5-15(10-16(17)21)18(26)25-9-3-7-20(22,13-25)19(27)24-12-14-4-2-8-23-11-14/h2,4-6,8,10-11H,3,7,9,12-13H2,1H3,(H,24,27). The first-order valence-corrected chi connectivity index (χ1v) is 8.92. The number of hydrogen-bond donors (Lipinski definition) is 1. The number of pyridine rings is 1. The molecule has 1 aliphatic rings. The van der Waals surface area contributed by atoms with Gasteiger partial charge in [-0.05, 0) is 42.7 Å². The molecule has 148 valence electrons. The van der Waals surface area contributed by atoms with Crippen LogP contribution in [0.1, 0.15) is 28.8 Å². The van der Waals surface area contributed by atoms with Crippen molar-refractivity contribution in [3.8, 4) is 5.75 Å². The van der Waals surface area contributed by atoms with E-state index in [1.807, 2.05) is 0 Å². The normalized spacial score (nSPS) is 19.2. The van der Waals surface area contributed by atoms with Gasteiger partial charge in [0.05, 0.1) is 13.7 Å². The highest BCUT2D eigenvalue weighted by molar-refractivity contribution is 5.95. The quantitative estimate of drug-likeness (QED) is 0.853. The SMILES string of the molecule is COc1ccc(C(=O)N2CCCC(F)(C(=O)NCc3cccnc3)C2)cc1F. The van der Waals surface area contributed by atoms with Crippen molar-refractivity contribution in [3.05, 3.63) is 59.7 Å². The number of alkyl halides is 1. The molecule has 6 nitrogen and oxygen atoms in total. The Morgan fingerprint density at radius 1 is 1.36 bits per heavy atom. The highest BCUT2D eigenvalue weighted by Crippen LogP contribution is 2.28. The van der Waals surface area contributed by atoms with Crippen LogP contribution in [0, 0.1) is 5.82 Å². The zero-order valence-corrected chi connectivity index (χ0v) is 15.5. The van der Waals surface area contributed by atoms with E-state index >= 15 is 4.39 Å². The average Bonchev–Trinajstić information content (AvgIpc) is 2.72. The van der Waals surface area contributed by atoms with Crippen molar-refractivity contribution in [1.29, 1.82) is 0 Å². The highest BCUT2D eigenvalue weighted by atomic mass is 19.1. The number of ether oxygens (including phenoxy) is 1. The fourth-order valence-corrected chi connectivity index (χ4v) is 3.19. The summed E-state index contributed by atoms with van der Waals surface area (Å²) in [4.78, 5) is 30.3. The van der Waals surface area contributed by atoms with Crippen LogP contribution >= 0.6 is 0 Å². The third-order valence-electron chi connectivity index (χ3n) is 4.71. The summed E-state index contributed by atoms with van der Waals surface area (Å²) in [5.41, 5.74) is -1.36. The Kier molecular flexibility index (Phi) is 5.87. The first-order chi connectivity index (χ1) is 13.4. The third kappa shape index (κ3) is 4.27. The molecule has 2 aromatic rings. The van der Waals surface area contributed by atoms with Crippen molar-refractivity contribution in [3.63, 3.8) is 0 Å². The van der Waals surface area contributed by atoms with E-state index in [0.29, 0.717) is 13.0 Å². The molecular formula is C20H21F2N3O3. The lowest BCUT2D eigenvalue weighted by molar-refractivity contribution is -0.136. The zero-order valence-electron chi connectivity index (χ0n) is 15.5. The number of carbonyl (C=O) groups excluding carboxylic acids is 2. The minimum absolute atomic E-state index is 0.0183. The van der Waals surface area contributed by atoms with Crippen molar-refractivity contribution >= 4 is 11.8 Å². The third-order valence-corrected chi connectivity index (χ3v) is 4.71. The Hall–Kier alpha value is -3.03. The van der Waals surface area contributed by atoms with Crippen molar-refractivity contribution < 1.29 is 23.1 Å². The second kappa shape index (κ2) is 8.33. The average molecular weight is 389 g/mol. The molecule has 2 heterocycles. The molecule has 1 atom stereocenters. The smallest absolute Gasteiger partial charge is 0.259 e. The van der Waals surface area contributed by atoms with Crippen molar-refractivity contribution in [1.82, 2.24) is 15.2 Å². The molecule has 1 saturated heterocycles. The van der Waals surface area contributed by atoms with Crippen LogP contribution in [0.2, 0.25) is 0 Å². The second-order valence-electron chi connectivity index (χ2n) is 6.69. The van der Waals surface area contributed by atoms with E-state index in [0.717, 1.165) is 11.6 Å².